The minimum Gasteiger partial charge on any atom is -0.328 e. The summed E-state index contributed by atoms with van der Waals surface area (Å²) in [5.41, 5.74) is 12.5. The number of hydrogen-bond donors (Lipinski definition) is 2. The first-order valence-electron chi connectivity index (χ1n) is 8.46. The van der Waals surface area contributed by atoms with Gasteiger partial charge in [0.25, 0.3) is 0 Å². The molecule has 0 radical (unpaired) electrons. The lowest BCUT2D eigenvalue weighted by atomic mass is 9.69. The van der Waals surface area contributed by atoms with Crippen molar-refractivity contribution in [3.63, 3.8) is 0 Å². The summed E-state index contributed by atoms with van der Waals surface area (Å²) in [6.07, 6.45) is 13.3. The van der Waals surface area contributed by atoms with E-state index in [9.17, 15) is 0 Å². The summed E-state index contributed by atoms with van der Waals surface area (Å²) in [7, 11) is 0. The molecule has 0 atom stereocenters. The van der Waals surface area contributed by atoms with Crippen LogP contribution < -0.4 is 11.5 Å². The average molecular weight is 266 g/mol. The van der Waals surface area contributed by atoms with Gasteiger partial charge >= 0.3 is 0 Å². The fourth-order valence-electron chi connectivity index (χ4n) is 4.43. The molecule has 0 saturated heterocycles. The summed E-state index contributed by atoms with van der Waals surface area (Å²) in [4.78, 5) is 0. The summed E-state index contributed by atoms with van der Waals surface area (Å²) in [6.45, 7) is 4.96. The Morgan fingerprint density at radius 3 is 1.32 bits per heavy atom. The smallest absolute Gasteiger partial charge is 0.00390 e. The molecule has 0 aromatic rings. The topological polar surface area (TPSA) is 52.0 Å². The van der Waals surface area contributed by atoms with E-state index < -0.39 is 0 Å². The van der Waals surface area contributed by atoms with Crippen molar-refractivity contribution in [1.29, 1.82) is 0 Å². The Kier molecular flexibility index (Phi) is 5.30. The maximum Gasteiger partial charge on any atom is 0.00390 e. The van der Waals surface area contributed by atoms with Crippen LogP contribution in [0.25, 0.3) is 0 Å². The molecule has 2 nitrogen and oxygen atoms in total. The predicted octanol–water partition coefficient (Wildman–Crippen LogP) is 3.83. The second-order valence-electron chi connectivity index (χ2n) is 8.13. The van der Waals surface area contributed by atoms with Crippen molar-refractivity contribution in [2.24, 2.45) is 28.7 Å². The fraction of sp³-hybridized carbons (Fsp3) is 1.00. The van der Waals surface area contributed by atoms with Crippen LogP contribution in [0.4, 0.5) is 0 Å². The van der Waals surface area contributed by atoms with Gasteiger partial charge in [0.05, 0.1) is 0 Å². The molecule has 2 heteroatoms. The molecule has 2 fully saturated rings. The van der Waals surface area contributed by atoms with Crippen molar-refractivity contribution in [2.45, 2.75) is 90.1 Å². The number of nitrogens with two attached hydrogens (primary N) is 2. The van der Waals surface area contributed by atoms with Crippen LogP contribution in [0.1, 0.15) is 78.1 Å². The Morgan fingerprint density at radius 1 is 0.684 bits per heavy atom. The first kappa shape index (κ1) is 15.3. The van der Waals surface area contributed by atoms with Crippen molar-refractivity contribution in [2.75, 3.05) is 0 Å². The number of rotatable bonds is 4. The molecule has 0 heterocycles. The highest BCUT2D eigenvalue weighted by atomic mass is 14.6. The monoisotopic (exact) mass is 266 g/mol. The lowest BCUT2D eigenvalue weighted by Gasteiger charge is -2.37. The van der Waals surface area contributed by atoms with E-state index in [2.05, 4.69) is 13.8 Å². The average Bonchev–Trinajstić information content (AvgIpc) is 2.34. The normalized spacial score (nSPS) is 37.3. The SMILES string of the molecule is CC(C)(CC1CCC(N)CC1)CC1CCC(N)CC1. The predicted molar refractivity (Wildman–Crippen MR) is 82.9 cm³/mol. The molecular formula is C17H34N2. The van der Waals surface area contributed by atoms with Crippen molar-refractivity contribution < 1.29 is 0 Å². The van der Waals surface area contributed by atoms with Gasteiger partial charge in [-0.2, -0.15) is 0 Å². The van der Waals surface area contributed by atoms with E-state index in [4.69, 9.17) is 11.5 Å². The van der Waals surface area contributed by atoms with Crippen LogP contribution in [0.5, 0.6) is 0 Å². The summed E-state index contributed by atoms with van der Waals surface area (Å²) in [6, 6.07) is 0.971. The third kappa shape index (κ3) is 5.07. The first-order valence-corrected chi connectivity index (χ1v) is 8.46. The Bertz CT molecular complexity index is 232. The van der Waals surface area contributed by atoms with Gasteiger partial charge in [-0.1, -0.05) is 13.8 Å². The molecule has 0 amide bonds. The molecule has 0 spiro atoms. The van der Waals surface area contributed by atoms with Crippen LogP contribution in [0.3, 0.4) is 0 Å². The molecular weight excluding hydrogens is 232 g/mol. The quantitative estimate of drug-likeness (QED) is 0.812. The van der Waals surface area contributed by atoms with Crippen molar-refractivity contribution in [3.05, 3.63) is 0 Å². The highest BCUT2D eigenvalue weighted by Gasteiger charge is 2.30. The fourth-order valence-corrected chi connectivity index (χ4v) is 4.43. The molecule has 4 N–H and O–H groups in total. The second kappa shape index (κ2) is 6.58. The van der Waals surface area contributed by atoms with Crippen LogP contribution in [0.15, 0.2) is 0 Å². The van der Waals surface area contributed by atoms with Crippen LogP contribution >= 0.6 is 0 Å². The van der Waals surface area contributed by atoms with Gasteiger partial charge in [0.1, 0.15) is 0 Å². The van der Waals surface area contributed by atoms with Crippen LogP contribution in [0.2, 0.25) is 0 Å². The van der Waals surface area contributed by atoms with E-state index >= 15 is 0 Å². The molecule has 19 heavy (non-hydrogen) atoms. The Balaban J connectivity index is 1.74. The molecule has 0 unspecified atom stereocenters. The molecule has 2 aliphatic rings. The summed E-state index contributed by atoms with van der Waals surface area (Å²) >= 11 is 0. The van der Waals surface area contributed by atoms with Crippen molar-refractivity contribution in [1.82, 2.24) is 0 Å². The van der Waals surface area contributed by atoms with E-state index in [1.54, 1.807) is 0 Å². The zero-order valence-electron chi connectivity index (χ0n) is 13.0. The summed E-state index contributed by atoms with van der Waals surface area (Å²) in [5, 5.41) is 0. The summed E-state index contributed by atoms with van der Waals surface area (Å²) < 4.78 is 0. The van der Waals surface area contributed by atoms with Crippen LogP contribution in [0, 0.1) is 17.3 Å². The zero-order chi connectivity index (χ0) is 13.9. The molecule has 0 aromatic heterocycles. The van der Waals surface area contributed by atoms with E-state index in [0.717, 1.165) is 11.8 Å². The molecule has 0 aliphatic heterocycles. The van der Waals surface area contributed by atoms with Crippen molar-refractivity contribution in [3.8, 4) is 0 Å². The number of hydrogen-bond acceptors (Lipinski definition) is 2. The summed E-state index contributed by atoms with van der Waals surface area (Å²) in [5.74, 6) is 1.86. The first-order chi connectivity index (χ1) is 8.94. The third-order valence-electron chi connectivity index (χ3n) is 5.47. The molecule has 2 aliphatic carbocycles. The van der Waals surface area contributed by atoms with E-state index in [1.165, 1.54) is 64.2 Å². The maximum atomic E-state index is 6.01. The van der Waals surface area contributed by atoms with E-state index in [0.29, 0.717) is 17.5 Å². The molecule has 0 bridgehead atoms. The second-order valence-corrected chi connectivity index (χ2v) is 8.13. The molecule has 2 rings (SSSR count). The van der Waals surface area contributed by atoms with Gasteiger partial charge in [0, 0.05) is 12.1 Å². The van der Waals surface area contributed by atoms with Gasteiger partial charge < -0.3 is 11.5 Å². The minimum absolute atomic E-state index is 0.485. The zero-order valence-corrected chi connectivity index (χ0v) is 13.0. The Hall–Kier alpha value is -0.0800. The van der Waals surface area contributed by atoms with Gasteiger partial charge in [0.15, 0.2) is 0 Å². The Labute approximate surface area is 119 Å². The highest BCUT2D eigenvalue weighted by Crippen LogP contribution is 2.41. The highest BCUT2D eigenvalue weighted by molar-refractivity contribution is 4.83. The molecule has 0 aromatic carbocycles. The van der Waals surface area contributed by atoms with Gasteiger partial charge in [0.2, 0.25) is 0 Å². The van der Waals surface area contributed by atoms with Crippen LogP contribution in [-0.2, 0) is 0 Å². The van der Waals surface area contributed by atoms with Crippen molar-refractivity contribution >= 4 is 0 Å². The third-order valence-corrected chi connectivity index (χ3v) is 5.47. The standard InChI is InChI=1S/C17H34N2/c1-17(2,11-13-3-7-15(18)8-4-13)12-14-5-9-16(19)10-6-14/h13-16H,3-12,18-19H2,1-2H3. The lowest BCUT2D eigenvalue weighted by Crippen LogP contribution is -2.31. The van der Waals surface area contributed by atoms with Gasteiger partial charge in [-0.15, -0.1) is 0 Å². The van der Waals surface area contributed by atoms with Gasteiger partial charge in [-0.05, 0) is 81.5 Å². The maximum absolute atomic E-state index is 6.01. The van der Waals surface area contributed by atoms with Gasteiger partial charge in [-0.3, -0.25) is 0 Å². The molecule has 112 valence electrons. The van der Waals surface area contributed by atoms with Gasteiger partial charge in [-0.25, -0.2) is 0 Å². The van der Waals surface area contributed by atoms with Crippen LogP contribution in [-0.4, -0.2) is 12.1 Å². The lowest BCUT2D eigenvalue weighted by molar-refractivity contribution is 0.155. The Morgan fingerprint density at radius 2 is 1.00 bits per heavy atom. The van der Waals surface area contributed by atoms with E-state index in [1.807, 2.05) is 0 Å². The largest absolute Gasteiger partial charge is 0.328 e. The van der Waals surface area contributed by atoms with E-state index in [-0.39, 0.29) is 0 Å². The molecule has 2 saturated carbocycles. The minimum atomic E-state index is 0.485.